The van der Waals surface area contributed by atoms with E-state index in [0.717, 1.165) is 11.1 Å². The summed E-state index contributed by atoms with van der Waals surface area (Å²) in [7, 11) is 3.89. The Morgan fingerprint density at radius 3 is 2.66 bits per heavy atom. The third-order valence-electron chi connectivity index (χ3n) is 5.16. The van der Waals surface area contributed by atoms with Crippen molar-refractivity contribution in [1.82, 2.24) is 9.47 Å². The number of amides is 2. The van der Waals surface area contributed by atoms with Gasteiger partial charge in [-0.2, -0.15) is 0 Å². The van der Waals surface area contributed by atoms with Gasteiger partial charge in [0, 0.05) is 25.2 Å². The van der Waals surface area contributed by atoms with Gasteiger partial charge in [-0.15, -0.1) is 0 Å². The van der Waals surface area contributed by atoms with Crippen molar-refractivity contribution in [2.45, 2.75) is 39.7 Å². The minimum atomic E-state index is -0.466. The highest BCUT2D eigenvalue weighted by Gasteiger charge is 2.23. The van der Waals surface area contributed by atoms with Gasteiger partial charge in [0.2, 0.25) is 5.91 Å². The Hall–Kier alpha value is -2.93. The third kappa shape index (κ3) is 4.40. The minimum Gasteiger partial charge on any atom is -0.324 e. The first kappa shape index (κ1) is 20.8. The van der Waals surface area contributed by atoms with Gasteiger partial charge < -0.3 is 20.1 Å². The van der Waals surface area contributed by atoms with E-state index in [0.29, 0.717) is 36.3 Å². The average molecular weight is 396 g/mol. The molecule has 29 heavy (non-hydrogen) atoms. The topological polar surface area (TPSA) is 83.4 Å². The van der Waals surface area contributed by atoms with Crippen molar-refractivity contribution in [2.24, 2.45) is 0 Å². The quantitative estimate of drug-likeness (QED) is 0.814. The molecule has 1 atom stereocenters. The number of aryl methyl sites for hydroxylation is 3. The SMILES string of the molecule is Cc1cc2c(c(NC(=O)c3c(C)ccn(C(C)CN(C)C)c3=O)c1)NC(=O)CC2. The number of hydrogen-bond donors (Lipinski definition) is 2. The van der Waals surface area contributed by atoms with E-state index in [-0.39, 0.29) is 23.1 Å². The highest BCUT2D eigenvalue weighted by molar-refractivity contribution is 6.08. The van der Waals surface area contributed by atoms with Crippen molar-refractivity contribution >= 4 is 23.2 Å². The zero-order chi connectivity index (χ0) is 21.3. The van der Waals surface area contributed by atoms with Crippen molar-refractivity contribution in [3.8, 4) is 0 Å². The zero-order valence-electron chi connectivity index (χ0n) is 17.6. The lowest BCUT2D eigenvalue weighted by atomic mass is 9.99. The van der Waals surface area contributed by atoms with Gasteiger partial charge in [-0.05, 0) is 70.1 Å². The molecule has 0 bridgehead atoms. The van der Waals surface area contributed by atoms with E-state index in [9.17, 15) is 14.4 Å². The average Bonchev–Trinajstić information content (AvgIpc) is 2.61. The van der Waals surface area contributed by atoms with E-state index in [2.05, 4.69) is 10.6 Å². The van der Waals surface area contributed by atoms with Crippen LogP contribution in [0.3, 0.4) is 0 Å². The Morgan fingerprint density at radius 2 is 1.97 bits per heavy atom. The summed E-state index contributed by atoms with van der Waals surface area (Å²) in [5, 5.41) is 5.71. The van der Waals surface area contributed by atoms with Crippen LogP contribution >= 0.6 is 0 Å². The van der Waals surface area contributed by atoms with Crippen LogP contribution in [0.4, 0.5) is 11.4 Å². The van der Waals surface area contributed by atoms with Crippen LogP contribution in [-0.4, -0.2) is 41.9 Å². The van der Waals surface area contributed by atoms with E-state index < -0.39 is 5.91 Å². The van der Waals surface area contributed by atoms with Gasteiger partial charge >= 0.3 is 0 Å². The second-order valence-corrected chi connectivity index (χ2v) is 8.05. The van der Waals surface area contributed by atoms with Crippen LogP contribution in [0.2, 0.25) is 0 Å². The molecule has 0 spiro atoms. The van der Waals surface area contributed by atoms with Gasteiger partial charge in [-0.25, -0.2) is 0 Å². The van der Waals surface area contributed by atoms with E-state index in [1.165, 1.54) is 0 Å². The number of benzene rings is 1. The molecule has 0 fully saturated rings. The number of rotatable bonds is 5. The van der Waals surface area contributed by atoms with Crippen molar-refractivity contribution in [1.29, 1.82) is 0 Å². The molecule has 154 valence electrons. The number of anilines is 2. The third-order valence-corrected chi connectivity index (χ3v) is 5.16. The second-order valence-electron chi connectivity index (χ2n) is 8.05. The first-order valence-electron chi connectivity index (χ1n) is 9.78. The summed E-state index contributed by atoms with van der Waals surface area (Å²) in [5.74, 6) is -0.542. The number of carbonyl (C=O) groups is 2. The molecule has 1 aromatic heterocycles. The molecule has 0 radical (unpaired) electrons. The molecule has 3 rings (SSSR count). The summed E-state index contributed by atoms with van der Waals surface area (Å²) in [6, 6.07) is 5.54. The number of aromatic nitrogens is 1. The van der Waals surface area contributed by atoms with Crippen LogP contribution in [0, 0.1) is 13.8 Å². The van der Waals surface area contributed by atoms with Crippen LogP contribution < -0.4 is 16.2 Å². The molecule has 0 aliphatic carbocycles. The number of nitrogens with zero attached hydrogens (tertiary/aromatic N) is 2. The number of likely N-dealkylation sites (N-methyl/N-ethyl adjacent to an activating group) is 1. The summed E-state index contributed by atoms with van der Waals surface area (Å²) in [6.07, 6.45) is 2.79. The Bertz CT molecular complexity index is 1020. The van der Waals surface area contributed by atoms with E-state index in [1.807, 2.05) is 45.0 Å². The lowest BCUT2D eigenvalue weighted by molar-refractivity contribution is -0.116. The second kappa shape index (κ2) is 8.21. The number of nitrogens with one attached hydrogen (secondary N) is 2. The molecule has 2 heterocycles. The molecule has 1 aliphatic rings. The molecule has 1 aromatic carbocycles. The van der Waals surface area contributed by atoms with E-state index in [1.54, 1.807) is 23.8 Å². The lowest BCUT2D eigenvalue weighted by Gasteiger charge is -2.22. The molecule has 7 heteroatoms. The fourth-order valence-corrected chi connectivity index (χ4v) is 3.82. The predicted molar refractivity (Wildman–Crippen MR) is 115 cm³/mol. The Balaban J connectivity index is 1.97. The molecule has 1 aliphatic heterocycles. The maximum Gasteiger partial charge on any atom is 0.263 e. The van der Waals surface area contributed by atoms with Crippen LogP contribution in [0.1, 0.15) is 46.4 Å². The first-order chi connectivity index (χ1) is 13.7. The smallest absolute Gasteiger partial charge is 0.263 e. The van der Waals surface area contributed by atoms with Crippen molar-refractivity contribution in [2.75, 3.05) is 31.3 Å². The van der Waals surface area contributed by atoms with Crippen LogP contribution in [0.25, 0.3) is 0 Å². The van der Waals surface area contributed by atoms with Crippen LogP contribution in [0.5, 0.6) is 0 Å². The monoisotopic (exact) mass is 396 g/mol. The maximum atomic E-state index is 13.1. The highest BCUT2D eigenvalue weighted by atomic mass is 16.2. The molecule has 2 aromatic rings. The summed E-state index contributed by atoms with van der Waals surface area (Å²) < 4.78 is 1.59. The molecule has 7 nitrogen and oxygen atoms in total. The molecular formula is C22H28N4O3. The van der Waals surface area contributed by atoms with Gasteiger partial charge in [0.15, 0.2) is 0 Å². The fraction of sp³-hybridized carbons (Fsp3) is 0.409. The first-order valence-corrected chi connectivity index (χ1v) is 9.78. The van der Waals surface area contributed by atoms with Gasteiger partial charge in [0.25, 0.3) is 11.5 Å². The molecular weight excluding hydrogens is 368 g/mol. The predicted octanol–water partition coefficient (Wildman–Crippen LogP) is 2.72. The Kier molecular flexibility index (Phi) is 5.88. The van der Waals surface area contributed by atoms with Crippen LogP contribution in [-0.2, 0) is 11.2 Å². The van der Waals surface area contributed by atoms with E-state index in [4.69, 9.17) is 0 Å². The molecule has 0 saturated carbocycles. The van der Waals surface area contributed by atoms with Gasteiger partial charge in [0.1, 0.15) is 5.56 Å². The Labute approximate surface area is 170 Å². The summed E-state index contributed by atoms with van der Waals surface area (Å²) in [4.78, 5) is 40.0. The standard InChI is InChI=1S/C22H28N4O3/c1-13-10-16-6-7-18(27)24-20(16)17(11-13)23-21(28)19-14(2)8-9-26(22(19)29)15(3)12-25(4)5/h8-11,15H,6-7,12H2,1-5H3,(H,23,28)(H,24,27). The zero-order valence-corrected chi connectivity index (χ0v) is 17.6. The summed E-state index contributed by atoms with van der Waals surface area (Å²) >= 11 is 0. The summed E-state index contributed by atoms with van der Waals surface area (Å²) in [6.45, 7) is 6.33. The molecule has 1 unspecified atom stereocenters. The molecule has 2 N–H and O–H groups in total. The van der Waals surface area contributed by atoms with Gasteiger partial charge in [-0.1, -0.05) is 6.07 Å². The van der Waals surface area contributed by atoms with E-state index >= 15 is 0 Å². The molecule has 2 amide bonds. The number of carbonyl (C=O) groups excluding carboxylic acids is 2. The normalized spacial score (nSPS) is 14.3. The van der Waals surface area contributed by atoms with Gasteiger partial charge in [-0.3, -0.25) is 14.4 Å². The highest BCUT2D eigenvalue weighted by Crippen LogP contribution is 2.32. The lowest BCUT2D eigenvalue weighted by Crippen LogP contribution is -2.35. The number of fused-ring (bicyclic) bond motifs is 1. The van der Waals surface area contributed by atoms with Crippen molar-refractivity contribution < 1.29 is 9.59 Å². The number of hydrogen-bond acceptors (Lipinski definition) is 4. The van der Waals surface area contributed by atoms with Crippen molar-refractivity contribution in [3.05, 3.63) is 57.0 Å². The molecule has 0 saturated heterocycles. The summed E-state index contributed by atoms with van der Waals surface area (Å²) in [5.41, 5.74) is 3.53. The fourth-order valence-electron chi connectivity index (χ4n) is 3.82. The maximum absolute atomic E-state index is 13.1. The van der Waals surface area contributed by atoms with Crippen molar-refractivity contribution in [3.63, 3.8) is 0 Å². The Morgan fingerprint density at radius 1 is 1.24 bits per heavy atom. The number of pyridine rings is 1. The minimum absolute atomic E-state index is 0.0735. The van der Waals surface area contributed by atoms with Crippen LogP contribution in [0.15, 0.2) is 29.2 Å². The largest absolute Gasteiger partial charge is 0.324 e. The van der Waals surface area contributed by atoms with Gasteiger partial charge in [0.05, 0.1) is 11.4 Å².